The third kappa shape index (κ3) is 2.81. The zero-order valence-corrected chi connectivity index (χ0v) is 10.8. The molecule has 0 amide bonds. The van der Waals surface area contributed by atoms with Crippen molar-refractivity contribution in [2.24, 2.45) is 0 Å². The molecule has 0 atom stereocenters. The number of ether oxygens (including phenoxy) is 1. The van der Waals surface area contributed by atoms with E-state index < -0.39 is 0 Å². The average Bonchev–Trinajstić information content (AvgIpc) is 2.74. The molecule has 5 heteroatoms. The molecule has 2 aromatic rings. The van der Waals surface area contributed by atoms with Gasteiger partial charge in [-0.05, 0) is 37.9 Å². The topological polar surface area (TPSA) is 64.5 Å². The molecule has 0 unspecified atom stereocenters. The van der Waals surface area contributed by atoms with E-state index in [9.17, 15) is 0 Å². The van der Waals surface area contributed by atoms with Crippen molar-refractivity contribution >= 4 is 5.82 Å². The summed E-state index contributed by atoms with van der Waals surface area (Å²) in [5.41, 5.74) is 7.62. The minimum absolute atomic E-state index is 0.377. The summed E-state index contributed by atoms with van der Waals surface area (Å²) in [4.78, 5) is 2.09. The lowest BCUT2D eigenvalue weighted by molar-refractivity contribution is 0.395. The van der Waals surface area contributed by atoms with E-state index in [-0.39, 0.29) is 0 Å². The Morgan fingerprint density at radius 3 is 2.61 bits per heavy atom. The summed E-state index contributed by atoms with van der Waals surface area (Å²) < 4.78 is 10.5. The smallest absolute Gasteiger partial charge is 0.169 e. The van der Waals surface area contributed by atoms with Crippen molar-refractivity contribution in [3.05, 3.63) is 29.8 Å². The monoisotopic (exact) mass is 247 g/mol. The Morgan fingerprint density at radius 1 is 1.28 bits per heavy atom. The molecule has 0 aliphatic carbocycles. The van der Waals surface area contributed by atoms with Crippen LogP contribution in [0.25, 0.3) is 11.3 Å². The molecule has 5 nitrogen and oxygen atoms in total. The number of hydrogen-bond donors (Lipinski definition) is 1. The number of methoxy groups -OCH3 is 1. The van der Waals surface area contributed by atoms with Gasteiger partial charge in [0.1, 0.15) is 5.75 Å². The highest BCUT2D eigenvalue weighted by molar-refractivity contribution is 5.63. The van der Waals surface area contributed by atoms with Crippen LogP contribution in [0, 0.1) is 0 Å². The van der Waals surface area contributed by atoms with Gasteiger partial charge in [-0.3, -0.25) is 0 Å². The second-order valence-corrected chi connectivity index (χ2v) is 4.42. The van der Waals surface area contributed by atoms with Crippen molar-refractivity contribution in [2.45, 2.75) is 6.54 Å². The lowest BCUT2D eigenvalue weighted by Crippen LogP contribution is -2.10. The quantitative estimate of drug-likeness (QED) is 0.895. The van der Waals surface area contributed by atoms with Crippen LogP contribution >= 0.6 is 0 Å². The third-order valence-corrected chi connectivity index (χ3v) is 2.51. The first kappa shape index (κ1) is 12.4. The predicted molar refractivity (Wildman–Crippen MR) is 70.3 cm³/mol. The Morgan fingerprint density at radius 2 is 2.06 bits per heavy atom. The molecule has 0 aliphatic heterocycles. The zero-order chi connectivity index (χ0) is 13.1. The van der Waals surface area contributed by atoms with Crippen molar-refractivity contribution in [3.63, 3.8) is 0 Å². The molecule has 2 N–H and O–H groups in total. The van der Waals surface area contributed by atoms with Gasteiger partial charge < -0.3 is 19.9 Å². The molecule has 0 bridgehead atoms. The van der Waals surface area contributed by atoms with E-state index in [2.05, 4.69) is 10.1 Å². The van der Waals surface area contributed by atoms with Gasteiger partial charge in [0.2, 0.25) is 0 Å². The maximum atomic E-state index is 5.56. The van der Waals surface area contributed by atoms with Crippen LogP contribution in [0.4, 0.5) is 5.82 Å². The fourth-order valence-electron chi connectivity index (χ4n) is 1.80. The molecule has 0 spiro atoms. The van der Waals surface area contributed by atoms with Crippen LogP contribution in [0.5, 0.6) is 5.75 Å². The van der Waals surface area contributed by atoms with Crippen molar-refractivity contribution in [2.75, 3.05) is 26.9 Å². The van der Waals surface area contributed by atoms with Crippen molar-refractivity contribution in [3.8, 4) is 17.1 Å². The summed E-state index contributed by atoms with van der Waals surface area (Å²) >= 11 is 0. The van der Waals surface area contributed by atoms with Gasteiger partial charge >= 0.3 is 0 Å². The number of benzene rings is 1. The summed E-state index contributed by atoms with van der Waals surface area (Å²) in [6.45, 7) is 0.827. The number of nitrogens with zero attached hydrogens (tertiary/aromatic N) is 2. The van der Waals surface area contributed by atoms with Gasteiger partial charge in [-0.25, -0.2) is 0 Å². The van der Waals surface area contributed by atoms with Gasteiger partial charge in [0, 0.05) is 18.2 Å². The number of hydrogen-bond acceptors (Lipinski definition) is 5. The highest BCUT2D eigenvalue weighted by atomic mass is 16.5. The van der Waals surface area contributed by atoms with Crippen LogP contribution in [0.3, 0.4) is 0 Å². The molecule has 0 radical (unpaired) electrons. The summed E-state index contributed by atoms with van der Waals surface area (Å²) in [5, 5.41) is 3.69. The minimum Gasteiger partial charge on any atom is -0.497 e. The molecule has 1 aromatic heterocycles. The van der Waals surface area contributed by atoms with Crippen LogP contribution in [-0.2, 0) is 6.54 Å². The van der Waals surface area contributed by atoms with E-state index in [0.717, 1.165) is 23.4 Å². The Balaban J connectivity index is 2.40. The van der Waals surface area contributed by atoms with Gasteiger partial charge in [0.05, 0.1) is 7.11 Å². The maximum absolute atomic E-state index is 5.56. The molecule has 96 valence electrons. The molecule has 2 rings (SSSR count). The SMILES string of the molecule is COc1cc(CN(C)C)cc(-c2cc(N)no2)c1. The zero-order valence-electron chi connectivity index (χ0n) is 10.8. The molecule has 0 aliphatic rings. The summed E-state index contributed by atoms with van der Waals surface area (Å²) in [6, 6.07) is 7.65. The molecule has 18 heavy (non-hydrogen) atoms. The normalized spacial score (nSPS) is 10.9. The second-order valence-electron chi connectivity index (χ2n) is 4.42. The van der Waals surface area contributed by atoms with Crippen molar-refractivity contribution in [1.82, 2.24) is 10.1 Å². The lowest BCUT2D eigenvalue weighted by Gasteiger charge is -2.12. The molecule has 0 fully saturated rings. The third-order valence-electron chi connectivity index (χ3n) is 2.51. The largest absolute Gasteiger partial charge is 0.497 e. The van der Waals surface area contributed by atoms with Crippen LogP contribution < -0.4 is 10.5 Å². The van der Waals surface area contributed by atoms with Crippen LogP contribution in [-0.4, -0.2) is 31.3 Å². The Labute approximate surface area is 106 Å². The number of nitrogens with two attached hydrogens (primary N) is 1. The number of aromatic nitrogens is 1. The van der Waals surface area contributed by atoms with Gasteiger partial charge in [0.25, 0.3) is 0 Å². The summed E-state index contributed by atoms with van der Waals surface area (Å²) in [5.74, 6) is 1.81. The number of anilines is 1. The molecule has 1 heterocycles. The highest BCUT2D eigenvalue weighted by Crippen LogP contribution is 2.27. The van der Waals surface area contributed by atoms with Crippen molar-refractivity contribution in [1.29, 1.82) is 0 Å². The first-order valence-corrected chi connectivity index (χ1v) is 5.63. The minimum atomic E-state index is 0.377. The first-order chi connectivity index (χ1) is 8.58. The average molecular weight is 247 g/mol. The van der Waals surface area contributed by atoms with Crippen LogP contribution in [0.1, 0.15) is 5.56 Å². The van der Waals surface area contributed by atoms with Gasteiger partial charge in [-0.1, -0.05) is 5.16 Å². The molecular formula is C13H17N3O2. The van der Waals surface area contributed by atoms with Crippen LogP contribution in [0.15, 0.2) is 28.8 Å². The second kappa shape index (κ2) is 5.10. The van der Waals surface area contributed by atoms with Gasteiger partial charge in [-0.15, -0.1) is 0 Å². The van der Waals surface area contributed by atoms with E-state index in [4.69, 9.17) is 15.0 Å². The van der Waals surface area contributed by atoms with Crippen molar-refractivity contribution < 1.29 is 9.26 Å². The number of nitrogen functional groups attached to an aromatic ring is 1. The van der Waals surface area contributed by atoms with Gasteiger partial charge in [0.15, 0.2) is 11.6 Å². The summed E-state index contributed by atoms with van der Waals surface area (Å²) in [6.07, 6.45) is 0. The van der Waals surface area contributed by atoms with E-state index in [0.29, 0.717) is 11.6 Å². The number of rotatable bonds is 4. The Bertz CT molecular complexity index is 535. The van der Waals surface area contributed by atoms with Crippen LogP contribution in [0.2, 0.25) is 0 Å². The molecule has 0 saturated carbocycles. The van der Waals surface area contributed by atoms with E-state index in [1.807, 2.05) is 32.3 Å². The fourth-order valence-corrected chi connectivity index (χ4v) is 1.80. The Kier molecular flexibility index (Phi) is 3.53. The fraction of sp³-hybridized carbons (Fsp3) is 0.308. The van der Waals surface area contributed by atoms with E-state index >= 15 is 0 Å². The first-order valence-electron chi connectivity index (χ1n) is 5.63. The standard InChI is InChI=1S/C13H17N3O2/c1-16(2)8-9-4-10(6-11(5-9)17-3)12-7-13(14)15-18-12/h4-7H,8H2,1-3H3,(H2,14,15). The Hall–Kier alpha value is -2.01. The molecule has 0 saturated heterocycles. The van der Waals surface area contributed by atoms with E-state index in [1.54, 1.807) is 13.2 Å². The maximum Gasteiger partial charge on any atom is 0.169 e. The van der Waals surface area contributed by atoms with E-state index in [1.165, 1.54) is 0 Å². The molecule has 1 aromatic carbocycles. The summed E-state index contributed by atoms with van der Waals surface area (Å²) in [7, 11) is 5.68. The molecular weight excluding hydrogens is 230 g/mol. The highest BCUT2D eigenvalue weighted by Gasteiger charge is 2.09. The predicted octanol–water partition coefficient (Wildman–Crippen LogP) is 1.99. The van der Waals surface area contributed by atoms with Gasteiger partial charge in [-0.2, -0.15) is 0 Å². The lowest BCUT2D eigenvalue weighted by atomic mass is 10.1.